The maximum absolute atomic E-state index is 12.3. The highest BCUT2D eigenvalue weighted by Crippen LogP contribution is 2.18. The number of carbonyl (C=O) groups is 1. The van der Waals surface area contributed by atoms with Crippen LogP contribution in [0.25, 0.3) is 0 Å². The Morgan fingerprint density at radius 3 is 2.69 bits per heavy atom. The summed E-state index contributed by atoms with van der Waals surface area (Å²) in [5.74, 6) is 1.74. The fourth-order valence-electron chi connectivity index (χ4n) is 3.37. The predicted molar refractivity (Wildman–Crippen MR) is 111 cm³/mol. The van der Waals surface area contributed by atoms with Crippen LogP contribution in [0.15, 0.2) is 29.3 Å². The van der Waals surface area contributed by atoms with Crippen molar-refractivity contribution in [3.05, 3.63) is 29.8 Å². The Morgan fingerprint density at radius 1 is 1.24 bits per heavy atom. The summed E-state index contributed by atoms with van der Waals surface area (Å²) in [6.45, 7) is 10.2. The number of aliphatic imine (C=N–C) groups is 1. The van der Waals surface area contributed by atoms with Gasteiger partial charge in [0.15, 0.2) is 5.96 Å². The molecule has 8 nitrogen and oxygen atoms in total. The van der Waals surface area contributed by atoms with Gasteiger partial charge in [-0.1, -0.05) is 12.1 Å². The number of ether oxygens (including phenoxy) is 3. The summed E-state index contributed by atoms with van der Waals surface area (Å²) in [7, 11) is 1.66. The van der Waals surface area contributed by atoms with Crippen LogP contribution < -0.4 is 10.1 Å². The molecule has 0 bridgehead atoms. The molecular formula is C21H32N4O4. The van der Waals surface area contributed by atoms with Gasteiger partial charge in [-0.15, -0.1) is 0 Å². The van der Waals surface area contributed by atoms with E-state index in [2.05, 4.69) is 15.2 Å². The number of fused-ring (bicyclic) bond motifs is 1. The first-order valence-corrected chi connectivity index (χ1v) is 10.1. The molecular weight excluding hydrogens is 372 g/mol. The third-order valence-electron chi connectivity index (χ3n) is 4.82. The molecule has 0 aromatic heterocycles. The first kappa shape index (κ1) is 21.2. The van der Waals surface area contributed by atoms with Gasteiger partial charge in [-0.25, -0.2) is 4.79 Å². The molecule has 0 spiro atoms. The minimum absolute atomic E-state index is 0.207. The fraction of sp³-hybridized carbons (Fsp3) is 0.619. The molecule has 1 amide bonds. The molecule has 1 atom stereocenters. The van der Waals surface area contributed by atoms with Crippen molar-refractivity contribution in [1.82, 2.24) is 15.1 Å². The largest absolute Gasteiger partial charge is 0.497 e. The van der Waals surface area contributed by atoms with Crippen LogP contribution in [0.2, 0.25) is 0 Å². The van der Waals surface area contributed by atoms with Crippen molar-refractivity contribution in [3.63, 3.8) is 0 Å². The molecule has 160 valence electrons. The second kappa shape index (κ2) is 9.35. The molecule has 0 radical (unpaired) electrons. The molecule has 2 aliphatic heterocycles. The van der Waals surface area contributed by atoms with Crippen molar-refractivity contribution < 1.29 is 19.0 Å². The van der Waals surface area contributed by atoms with Gasteiger partial charge in [0.25, 0.3) is 0 Å². The van der Waals surface area contributed by atoms with Crippen molar-refractivity contribution in [2.24, 2.45) is 4.99 Å². The van der Waals surface area contributed by atoms with Crippen molar-refractivity contribution in [1.29, 1.82) is 0 Å². The van der Waals surface area contributed by atoms with E-state index in [0.29, 0.717) is 39.4 Å². The van der Waals surface area contributed by atoms with Gasteiger partial charge in [-0.2, -0.15) is 0 Å². The molecule has 2 aliphatic rings. The summed E-state index contributed by atoms with van der Waals surface area (Å²) in [5.41, 5.74) is 0.640. The first-order chi connectivity index (χ1) is 13.9. The molecule has 1 saturated heterocycles. The van der Waals surface area contributed by atoms with E-state index in [1.807, 2.05) is 45.0 Å². The lowest BCUT2D eigenvalue weighted by molar-refractivity contribution is 0.0137. The van der Waals surface area contributed by atoms with Gasteiger partial charge in [-0.05, 0) is 38.5 Å². The van der Waals surface area contributed by atoms with Gasteiger partial charge in [0, 0.05) is 26.2 Å². The van der Waals surface area contributed by atoms with Gasteiger partial charge in [0.1, 0.15) is 11.4 Å². The zero-order valence-electron chi connectivity index (χ0n) is 17.8. The Morgan fingerprint density at radius 2 is 2.00 bits per heavy atom. The summed E-state index contributed by atoms with van der Waals surface area (Å²) in [5, 5.41) is 3.36. The monoisotopic (exact) mass is 404 g/mol. The normalized spacial score (nSPS) is 18.9. The highest BCUT2D eigenvalue weighted by Gasteiger charge is 2.36. The smallest absolute Gasteiger partial charge is 0.410 e. The van der Waals surface area contributed by atoms with Crippen molar-refractivity contribution >= 4 is 12.1 Å². The molecule has 0 aliphatic carbocycles. The number of carbonyl (C=O) groups excluding carboxylic acids is 1. The molecule has 2 heterocycles. The standard InChI is InChI=1S/C21H32N4O4/c1-21(2,3)29-20(26)24-10-11-25-17(14-24)13-23-19(25)22-9-12-28-15-16-5-7-18(27-4)8-6-16/h5-8,17H,9-15H2,1-4H3,(H,22,23). The van der Waals surface area contributed by atoms with Crippen molar-refractivity contribution in [2.45, 2.75) is 39.0 Å². The average Bonchev–Trinajstić information content (AvgIpc) is 3.09. The lowest BCUT2D eigenvalue weighted by Crippen LogP contribution is -2.57. The van der Waals surface area contributed by atoms with Crippen LogP contribution in [-0.2, 0) is 16.1 Å². The maximum Gasteiger partial charge on any atom is 0.410 e. The third kappa shape index (κ3) is 6.00. The van der Waals surface area contributed by atoms with Gasteiger partial charge >= 0.3 is 6.09 Å². The summed E-state index contributed by atoms with van der Waals surface area (Å²) >= 11 is 0. The van der Waals surface area contributed by atoms with Crippen LogP contribution in [0.3, 0.4) is 0 Å². The SMILES string of the molecule is COc1ccc(COCCNC2=NCC3CN(C(=O)OC(C)(C)C)CCN23)cc1. The maximum atomic E-state index is 12.3. The highest BCUT2D eigenvalue weighted by atomic mass is 16.6. The Labute approximate surface area is 172 Å². The average molecular weight is 405 g/mol. The highest BCUT2D eigenvalue weighted by molar-refractivity contribution is 5.82. The summed E-state index contributed by atoms with van der Waals surface area (Å²) in [6, 6.07) is 8.08. The molecule has 0 saturated carbocycles. The van der Waals surface area contributed by atoms with E-state index >= 15 is 0 Å². The Hall–Kier alpha value is -2.48. The molecule has 1 fully saturated rings. The van der Waals surface area contributed by atoms with E-state index in [-0.39, 0.29) is 12.1 Å². The van der Waals surface area contributed by atoms with Gasteiger partial charge < -0.3 is 29.3 Å². The summed E-state index contributed by atoms with van der Waals surface area (Å²) in [4.78, 5) is 20.9. The molecule has 1 unspecified atom stereocenters. The number of methoxy groups -OCH3 is 1. The second-order valence-corrected chi connectivity index (χ2v) is 8.27. The zero-order valence-corrected chi connectivity index (χ0v) is 17.8. The number of guanidine groups is 1. The van der Waals surface area contributed by atoms with Gasteiger partial charge in [0.05, 0.1) is 32.9 Å². The van der Waals surface area contributed by atoms with Crippen molar-refractivity contribution in [2.75, 3.05) is 46.4 Å². The molecule has 1 N–H and O–H groups in total. The van der Waals surface area contributed by atoms with Crippen molar-refractivity contribution in [3.8, 4) is 5.75 Å². The third-order valence-corrected chi connectivity index (χ3v) is 4.82. The number of rotatable bonds is 6. The summed E-state index contributed by atoms with van der Waals surface area (Å²) in [6.07, 6.45) is -0.245. The van der Waals surface area contributed by atoms with Crippen LogP contribution in [0.5, 0.6) is 5.75 Å². The number of benzene rings is 1. The predicted octanol–water partition coefficient (Wildman–Crippen LogP) is 2.09. The Balaban J connectivity index is 1.35. The number of hydrogen-bond donors (Lipinski definition) is 1. The zero-order chi connectivity index (χ0) is 20.9. The lowest BCUT2D eigenvalue weighted by atomic mass is 10.2. The van der Waals surface area contributed by atoms with Crippen LogP contribution in [0.4, 0.5) is 4.79 Å². The van der Waals surface area contributed by atoms with Crippen LogP contribution in [0.1, 0.15) is 26.3 Å². The molecule has 8 heteroatoms. The lowest BCUT2D eigenvalue weighted by Gasteiger charge is -2.39. The topological polar surface area (TPSA) is 75.6 Å². The van der Waals surface area contributed by atoms with E-state index in [0.717, 1.165) is 23.8 Å². The quantitative estimate of drug-likeness (QED) is 0.732. The van der Waals surface area contributed by atoms with Crippen LogP contribution in [0, 0.1) is 0 Å². The second-order valence-electron chi connectivity index (χ2n) is 8.27. The number of nitrogens with one attached hydrogen (secondary N) is 1. The van der Waals surface area contributed by atoms with E-state index in [1.54, 1.807) is 12.0 Å². The number of nitrogens with zero attached hydrogens (tertiary/aromatic N) is 3. The Bertz CT molecular complexity index is 714. The van der Waals surface area contributed by atoms with E-state index in [1.165, 1.54) is 0 Å². The fourth-order valence-corrected chi connectivity index (χ4v) is 3.37. The first-order valence-electron chi connectivity index (χ1n) is 10.1. The Kier molecular flexibility index (Phi) is 6.84. The molecule has 3 rings (SSSR count). The molecule has 1 aromatic rings. The van der Waals surface area contributed by atoms with E-state index in [4.69, 9.17) is 14.2 Å². The minimum atomic E-state index is -0.473. The number of piperazine rings is 1. The van der Waals surface area contributed by atoms with Gasteiger partial charge in [0.2, 0.25) is 0 Å². The van der Waals surface area contributed by atoms with Crippen LogP contribution >= 0.6 is 0 Å². The van der Waals surface area contributed by atoms with E-state index in [9.17, 15) is 4.79 Å². The summed E-state index contributed by atoms with van der Waals surface area (Å²) < 4.78 is 16.4. The van der Waals surface area contributed by atoms with Crippen LogP contribution in [-0.4, -0.2) is 79.9 Å². The van der Waals surface area contributed by atoms with Gasteiger partial charge in [-0.3, -0.25) is 4.99 Å². The molecule has 1 aromatic carbocycles. The minimum Gasteiger partial charge on any atom is -0.497 e. The number of hydrogen-bond acceptors (Lipinski definition) is 7. The number of amides is 1. The molecule has 29 heavy (non-hydrogen) atoms. The van der Waals surface area contributed by atoms with E-state index < -0.39 is 5.60 Å².